The highest BCUT2D eigenvalue weighted by molar-refractivity contribution is 6.42. The summed E-state index contributed by atoms with van der Waals surface area (Å²) in [5, 5.41) is 1.04. The van der Waals surface area contributed by atoms with E-state index in [2.05, 4.69) is 4.90 Å². The van der Waals surface area contributed by atoms with E-state index in [4.69, 9.17) is 23.2 Å². The SMILES string of the molecule is Cc1ccc(C(=O)N2CCN(c3ccc(Cl)c(Cl)c3)CC2)c(=O)n1C. The maximum Gasteiger partial charge on any atom is 0.263 e. The second-order valence-electron chi connectivity index (χ2n) is 6.13. The minimum Gasteiger partial charge on any atom is -0.368 e. The average molecular weight is 380 g/mol. The Bertz CT molecular complexity index is 871. The Morgan fingerprint density at radius 2 is 1.68 bits per heavy atom. The van der Waals surface area contributed by atoms with E-state index in [1.807, 2.05) is 19.1 Å². The third-order valence-corrected chi connectivity index (χ3v) is 5.36. The normalized spacial score (nSPS) is 14.7. The number of halogens is 2. The molecule has 1 aliphatic rings. The van der Waals surface area contributed by atoms with Crippen LogP contribution in [0.2, 0.25) is 10.0 Å². The fraction of sp³-hybridized carbons (Fsp3) is 0.333. The lowest BCUT2D eigenvalue weighted by Crippen LogP contribution is -2.50. The van der Waals surface area contributed by atoms with Gasteiger partial charge in [-0.2, -0.15) is 0 Å². The highest BCUT2D eigenvalue weighted by Crippen LogP contribution is 2.27. The van der Waals surface area contributed by atoms with Crippen LogP contribution in [0.3, 0.4) is 0 Å². The summed E-state index contributed by atoms with van der Waals surface area (Å²) in [6, 6.07) is 8.93. The lowest BCUT2D eigenvalue weighted by Gasteiger charge is -2.36. The Morgan fingerprint density at radius 3 is 2.32 bits per heavy atom. The van der Waals surface area contributed by atoms with Gasteiger partial charge in [-0.1, -0.05) is 23.2 Å². The topological polar surface area (TPSA) is 45.6 Å². The summed E-state index contributed by atoms with van der Waals surface area (Å²) in [4.78, 5) is 28.9. The van der Waals surface area contributed by atoms with Gasteiger partial charge >= 0.3 is 0 Å². The number of amides is 1. The molecule has 1 saturated heterocycles. The van der Waals surface area contributed by atoms with Crippen molar-refractivity contribution in [2.24, 2.45) is 7.05 Å². The first-order valence-electron chi connectivity index (χ1n) is 8.04. The van der Waals surface area contributed by atoms with E-state index >= 15 is 0 Å². The summed E-state index contributed by atoms with van der Waals surface area (Å²) < 4.78 is 1.50. The molecule has 1 aromatic carbocycles. The van der Waals surface area contributed by atoms with Crippen molar-refractivity contribution in [2.45, 2.75) is 6.92 Å². The van der Waals surface area contributed by atoms with Crippen molar-refractivity contribution in [2.75, 3.05) is 31.1 Å². The van der Waals surface area contributed by atoms with Gasteiger partial charge in [0.2, 0.25) is 0 Å². The van der Waals surface area contributed by atoms with Crippen molar-refractivity contribution in [3.63, 3.8) is 0 Å². The van der Waals surface area contributed by atoms with Crippen molar-refractivity contribution < 1.29 is 4.79 Å². The highest BCUT2D eigenvalue weighted by Gasteiger charge is 2.24. The Morgan fingerprint density at radius 1 is 1.00 bits per heavy atom. The molecule has 0 aliphatic carbocycles. The van der Waals surface area contributed by atoms with Gasteiger partial charge in [0.1, 0.15) is 5.56 Å². The molecule has 0 saturated carbocycles. The van der Waals surface area contributed by atoms with Gasteiger partial charge in [-0.15, -0.1) is 0 Å². The molecule has 0 bridgehead atoms. The molecule has 7 heteroatoms. The van der Waals surface area contributed by atoms with E-state index in [-0.39, 0.29) is 17.0 Å². The van der Waals surface area contributed by atoms with Gasteiger partial charge in [-0.25, -0.2) is 0 Å². The molecule has 0 atom stereocenters. The number of nitrogens with zero attached hydrogens (tertiary/aromatic N) is 3. The van der Waals surface area contributed by atoms with Crippen LogP contribution in [0.15, 0.2) is 35.1 Å². The molecule has 2 heterocycles. The second kappa shape index (κ2) is 7.10. The zero-order valence-electron chi connectivity index (χ0n) is 14.1. The molecule has 25 heavy (non-hydrogen) atoms. The molecule has 0 unspecified atom stereocenters. The van der Waals surface area contributed by atoms with E-state index in [9.17, 15) is 9.59 Å². The first-order chi connectivity index (χ1) is 11.9. The van der Waals surface area contributed by atoms with Crippen LogP contribution in [0.25, 0.3) is 0 Å². The quantitative estimate of drug-likeness (QED) is 0.805. The van der Waals surface area contributed by atoms with Gasteiger partial charge in [0.15, 0.2) is 0 Å². The van der Waals surface area contributed by atoms with Gasteiger partial charge in [-0.05, 0) is 37.3 Å². The Kier molecular flexibility index (Phi) is 5.06. The van der Waals surface area contributed by atoms with Crippen molar-refractivity contribution in [3.8, 4) is 0 Å². The first kappa shape index (κ1) is 17.8. The van der Waals surface area contributed by atoms with Crippen LogP contribution in [-0.4, -0.2) is 41.6 Å². The highest BCUT2D eigenvalue weighted by atomic mass is 35.5. The van der Waals surface area contributed by atoms with E-state index in [1.165, 1.54) is 4.57 Å². The molecule has 132 valence electrons. The fourth-order valence-electron chi connectivity index (χ4n) is 2.91. The van der Waals surface area contributed by atoms with Gasteiger partial charge in [0, 0.05) is 44.6 Å². The van der Waals surface area contributed by atoms with E-state index in [0.717, 1.165) is 11.4 Å². The van der Waals surface area contributed by atoms with Crippen molar-refractivity contribution in [3.05, 3.63) is 62.0 Å². The number of piperazine rings is 1. The first-order valence-corrected chi connectivity index (χ1v) is 8.80. The number of benzene rings is 1. The van der Waals surface area contributed by atoms with Gasteiger partial charge < -0.3 is 14.4 Å². The molecule has 1 amide bonds. The van der Waals surface area contributed by atoms with Crippen LogP contribution in [0.1, 0.15) is 16.1 Å². The molecule has 2 aromatic rings. The van der Waals surface area contributed by atoms with Crippen molar-refractivity contribution in [1.29, 1.82) is 0 Å². The smallest absolute Gasteiger partial charge is 0.263 e. The van der Waals surface area contributed by atoms with E-state index in [1.54, 1.807) is 30.1 Å². The number of aryl methyl sites for hydroxylation is 1. The molecule has 1 aliphatic heterocycles. The molecule has 1 aromatic heterocycles. The summed E-state index contributed by atoms with van der Waals surface area (Å²) in [5.74, 6) is -0.214. The molecular formula is C18H19Cl2N3O2. The fourth-order valence-corrected chi connectivity index (χ4v) is 3.20. The minimum absolute atomic E-state index is 0.214. The average Bonchev–Trinajstić information content (AvgIpc) is 2.62. The zero-order chi connectivity index (χ0) is 18.1. The summed E-state index contributed by atoms with van der Waals surface area (Å²) in [7, 11) is 1.68. The Balaban J connectivity index is 1.72. The summed E-state index contributed by atoms with van der Waals surface area (Å²) >= 11 is 12.0. The van der Waals surface area contributed by atoms with Crippen LogP contribution in [-0.2, 0) is 7.05 Å². The third-order valence-electron chi connectivity index (χ3n) is 4.62. The lowest BCUT2D eigenvalue weighted by molar-refractivity contribution is 0.0744. The zero-order valence-corrected chi connectivity index (χ0v) is 15.6. The molecule has 0 radical (unpaired) electrons. The standard InChI is InChI=1S/C18H19Cl2N3O2/c1-12-3-5-14(17(24)21(12)2)18(25)23-9-7-22(8-10-23)13-4-6-15(19)16(20)11-13/h3-6,11H,7-10H2,1-2H3. The number of carbonyl (C=O) groups excluding carboxylic acids is 1. The molecule has 1 fully saturated rings. The predicted molar refractivity (Wildman–Crippen MR) is 101 cm³/mol. The maximum atomic E-state index is 12.7. The van der Waals surface area contributed by atoms with Crippen LogP contribution in [0.4, 0.5) is 5.69 Å². The van der Waals surface area contributed by atoms with Gasteiger partial charge in [0.25, 0.3) is 11.5 Å². The predicted octanol–water partition coefficient (Wildman–Crippen LogP) is 2.96. The van der Waals surface area contributed by atoms with Crippen LogP contribution >= 0.6 is 23.2 Å². The molecule has 0 spiro atoms. The number of anilines is 1. The van der Waals surface area contributed by atoms with E-state index < -0.39 is 0 Å². The van der Waals surface area contributed by atoms with Gasteiger partial charge in [0.05, 0.1) is 10.0 Å². The van der Waals surface area contributed by atoms with E-state index in [0.29, 0.717) is 36.2 Å². The molecule has 0 N–H and O–H groups in total. The Labute approximate surface area is 156 Å². The molecule has 3 rings (SSSR count). The summed E-state index contributed by atoms with van der Waals surface area (Å²) in [6.45, 7) is 4.30. The van der Waals surface area contributed by atoms with Crippen LogP contribution in [0.5, 0.6) is 0 Å². The van der Waals surface area contributed by atoms with Crippen molar-refractivity contribution >= 4 is 34.8 Å². The van der Waals surface area contributed by atoms with Gasteiger partial charge in [-0.3, -0.25) is 9.59 Å². The number of hydrogen-bond acceptors (Lipinski definition) is 3. The summed E-state index contributed by atoms with van der Waals surface area (Å²) in [5.41, 5.74) is 1.77. The van der Waals surface area contributed by atoms with Crippen LogP contribution < -0.4 is 10.5 Å². The third kappa shape index (κ3) is 3.53. The number of pyridine rings is 1. The Hall–Kier alpha value is -1.98. The maximum absolute atomic E-state index is 12.7. The minimum atomic E-state index is -0.253. The molecule has 5 nitrogen and oxygen atoms in total. The largest absolute Gasteiger partial charge is 0.368 e. The second-order valence-corrected chi connectivity index (χ2v) is 6.94. The lowest BCUT2D eigenvalue weighted by atomic mass is 10.2. The number of carbonyl (C=O) groups is 1. The molecular weight excluding hydrogens is 361 g/mol. The monoisotopic (exact) mass is 379 g/mol. The van der Waals surface area contributed by atoms with Crippen molar-refractivity contribution in [1.82, 2.24) is 9.47 Å². The number of hydrogen-bond donors (Lipinski definition) is 0. The van der Waals surface area contributed by atoms with Crippen LogP contribution in [0, 0.1) is 6.92 Å². The number of rotatable bonds is 2. The number of aromatic nitrogens is 1. The summed E-state index contributed by atoms with van der Waals surface area (Å²) in [6.07, 6.45) is 0.